The SMILES string of the molecule is [2H]c1c(N(c2ccc(-c3nc4ccccc4s3)cc2)c2ccc(-c3nc4ccccc4s3)cc2)c([2H])c2c([2H])c([2H])c(-c3cc([2H])c4cc(C#N)ccc4c3)c([2H])c2c1[2H]. The smallest absolute Gasteiger partial charge is 0.124 e. The lowest BCUT2D eigenvalue weighted by Crippen LogP contribution is -2.09. The van der Waals surface area contributed by atoms with Crippen LogP contribution in [0, 0.1) is 11.3 Å². The number of anilines is 3. The average molecular weight is 720 g/mol. The van der Waals surface area contributed by atoms with Gasteiger partial charge in [-0.05, 0) is 142 Å². The Labute approximate surface area is 324 Å². The van der Waals surface area contributed by atoms with Crippen molar-refractivity contribution in [3.8, 4) is 38.3 Å². The van der Waals surface area contributed by atoms with Crippen LogP contribution in [0.15, 0.2) is 170 Å². The number of hydrogen-bond acceptors (Lipinski definition) is 6. The second kappa shape index (κ2) is 12.8. The first kappa shape index (κ1) is 24.5. The van der Waals surface area contributed by atoms with E-state index in [2.05, 4.69) is 6.07 Å². The maximum atomic E-state index is 9.67. The third-order valence-corrected chi connectivity index (χ3v) is 11.3. The minimum Gasteiger partial charge on any atom is -0.310 e. The molecular weight excluding hydrogens is 685 g/mol. The molecule has 0 bridgehead atoms. The van der Waals surface area contributed by atoms with Crippen molar-refractivity contribution in [1.29, 1.82) is 5.26 Å². The summed E-state index contributed by atoms with van der Waals surface area (Å²) in [6.07, 6.45) is 0. The molecule has 0 saturated carbocycles. The van der Waals surface area contributed by atoms with Crippen molar-refractivity contribution in [3.63, 3.8) is 0 Å². The zero-order valence-electron chi connectivity index (χ0n) is 34.7. The van der Waals surface area contributed by atoms with Crippen LogP contribution in [-0.2, 0) is 0 Å². The van der Waals surface area contributed by atoms with Crippen molar-refractivity contribution < 1.29 is 9.60 Å². The van der Waals surface area contributed by atoms with Gasteiger partial charge in [-0.25, -0.2) is 9.97 Å². The number of benzene rings is 8. The van der Waals surface area contributed by atoms with E-state index >= 15 is 0 Å². The normalized spacial score (nSPS) is 13.2. The molecule has 0 aliphatic carbocycles. The van der Waals surface area contributed by atoms with Crippen molar-refractivity contribution in [2.24, 2.45) is 0 Å². The van der Waals surface area contributed by atoms with E-state index in [0.717, 1.165) is 41.6 Å². The first-order chi connectivity index (χ1) is 29.1. The van der Waals surface area contributed by atoms with Gasteiger partial charge in [0.05, 0.1) is 41.7 Å². The van der Waals surface area contributed by atoms with Crippen molar-refractivity contribution in [3.05, 3.63) is 175 Å². The Kier molecular flexibility index (Phi) is 5.94. The van der Waals surface area contributed by atoms with E-state index in [1.54, 1.807) is 51.8 Å². The number of nitrogens with zero attached hydrogens (tertiary/aromatic N) is 4. The second-order valence-electron chi connectivity index (χ2n) is 12.4. The molecule has 0 unspecified atom stereocenters. The first-order valence-corrected chi connectivity index (χ1v) is 18.4. The zero-order chi connectivity index (χ0) is 41.4. The van der Waals surface area contributed by atoms with Crippen LogP contribution in [0.25, 0.3) is 74.2 Å². The Morgan fingerprint density at radius 1 is 0.491 bits per heavy atom. The number of nitriles is 1. The molecule has 10 rings (SSSR count). The Hall–Kier alpha value is -6.65. The lowest BCUT2D eigenvalue weighted by atomic mass is 9.97. The van der Waals surface area contributed by atoms with Gasteiger partial charge in [0.1, 0.15) is 10.0 Å². The molecule has 248 valence electrons. The van der Waals surface area contributed by atoms with Crippen LogP contribution in [0.2, 0.25) is 0 Å². The Bertz CT molecular complexity index is 3250. The van der Waals surface area contributed by atoms with Crippen LogP contribution in [0.1, 0.15) is 15.2 Å². The van der Waals surface area contributed by atoms with Gasteiger partial charge in [-0.15, -0.1) is 22.7 Å². The number of thiazole rings is 2. The van der Waals surface area contributed by atoms with Crippen molar-refractivity contribution >= 4 is 81.7 Å². The number of fused-ring (bicyclic) bond motifs is 4. The molecule has 0 atom stereocenters. The van der Waals surface area contributed by atoms with Gasteiger partial charge in [0, 0.05) is 28.2 Å². The molecule has 0 aliphatic rings. The third kappa shape index (κ3) is 5.79. The highest BCUT2D eigenvalue weighted by atomic mass is 32.1. The van der Waals surface area contributed by atoms with E-state index < -0.39 is 0 Å². The predicted molar refractivity (Wildman–Crippen MR) is 224 cm³/mol. The van der Waals surface area contributed by atoms with E-state index in [4.69, 9.17) is 11.3 Å². The summed E-state index contributed by atoms with van der Waals surface area (Å²) in [4.78, 5) is 11.4. The highest BCUT2D eigenvalue weighted by molar-refractivity contribution is 7.22. The van der Waals surface area contributed by atoms with Crippen LogP contribution >= 0.6 is 22.7 Å². The van der Waals surface area contributed by atoms with Crippen molar-refractivity contribution in [2.45, 2.75) is 0 Å². The Morgan fingerprint density at radius 2 is 1.09 bits per heavy atom. The molecule has 10 aromatic rings. The standard InChI is InChI=1S/C47H28N4S2/c48-29-30-9-10-34-26-35(12-11-33(34)25-30)36-13-14-38-28-41(24-19-37(38)27-36)51(39-20-15-31(16-21-39)46-49-42-5-1-3-7-44(42)52-46)40-22-17-32(18-23-40)47-50-43-6-2-4-8-45(43)53-47/h1-28H/i11D,13D,14D,19D,24D,27D,28D. The molecule has 2 heterocycles. The molecule has 4 nitrogen and oxygen atoms in total. The summed E-state index contributed by atoms with van der Waals surface area (Å²) in [5, 5.41) is 12.0. The lowest BCUT2D eigenvalue weighted by Gasteiger charge is -2.26. The molecular formula is C47H28N4S2. The lowest BCUT2D eigenvalue weighted by molar-refractivity contribution is 1.29. The zero-order valence-corrected chi connectivity index (χ0v) is 29.4. The van der Waals surface area contributed by atoms with Crippen LogP contribution in [0.4, 0.5) is 17.1 Å². The molecule has 0 amide bonds. The summed E-state index contributed by atoms with van der Waals surface area (Å²) in [5.74, 6) is 0. The van der Waals surface area contributed by atoms with Crippen LogP contribution < -0.4 is 4.90 Å². The Morgan fingerprint density at radius 3 is 1.72 bits per heavy atom. The molecule has 2 aromatic heterocycles. The topological polar surface area (TPSA) is 52.8 Å². The number of aromatic nitrogens is 2. The van der Waals surface area contributed by atoms with Gasteiger partial charge >= 0.3 is 0 Å². The average Bonchev–Trinajstić information content (AvgIpc) is 3.91. The molecule has 53 heavy (non-hydrogen) atoms. The van der Waals surface area contributed by atoms with Gasteiger partial charge in [-0.3, -0.25) is 0 Å². The molecule has 8 aromatic carbocycles. The fourth-order valence-corrected chi connectivity index (χ4v) is 8.35. The summed E-state index contributed by atoms with van der Waals surface area (Å²) in [5.41, 5.74) is 5.54. The monoisotopic (exact) mass is 719 g/mol. The summed E-state index contributed by atoms with van der Waals surface area (Å²) >= 11 is 3.16. The summed E-state index contributed by atoms with van der Waals surface area (Å²) in [7, 11) is 0. The second-order valence-corrected chi connectivity index (χ2v) is 14.5. The highest BCUT2D eigenvalue weighted by Crippen LogP contribution is 2.40. The largest absolute Gasteiger partial charge is 0.310 e. The van der Waals surface area contributed by atoms with E-state index in [1.807, 2.05) is 97.1 Å². The quantitative estimate of drug-likeness (QED) is 0.172. The van der Waals surface area contributed by atoms with Crippen molar-refractivity contribution in [1.82, 2.24) is 9.97 Å². The summed E-state index contributed by atoms with van der Waals surface area (Å²) < 4.78 is 67.2. The fourth-order valence-electron chi connectivity index (χ4n) is 6.41. The van der Waals surface area contributed by atoms with E-state index in [9.17, 15) is 13.5 Å². The Balaban J connectivity index is 1.15. The number of para-hydroxylation sites is 2. The maximum absolute atomic E-state index is 9.67. The molecule has 0 fully saturated rings. The highest BCUT2D eigenvalue weighted by Gasteiger charge is 2.16. The number of hydrogen-bond donors (Lipinski definition) is 0. The fraction of sp³-hybridized carbons (Fsp3) is 0. The van der Waals surface area contributed by atoms with Gasteiger partial charge in [0.2, 0.25) is 0 Å². The van der Waals surface area contributed by atoms with E-state index in [1.165, 1.54) is 6.07 Å². The summed E-state index contributed by atoms with van der Waals surface area (Å²) in [6, 6.07) is 39.5. The predicted octanol–water partition coefficient (Wildman–Crippen LogP) is 13.6. The summed E-state index contributed by atoms with van der Waals surface area (Å²) in [6.45, 7) is 0. The molecule has 0 radical (unpaired) electrons. The molecule has 0 spiro atoms. The van der Waals surface area contributed by atoms with E-state index in [0.29, 0.717) is 33.3 Å². The molecule has 0 aliphatic heterocycles. The van der Waals surface area contributed by atoms with Gasteiger partial charge in [0.25, 0.3) is 0 Å². The van der Waals surface area contributed by atoms with Gasteiger partial charge in [-0.1, -0.05) is 60.6 Å². The first-order valence-electron chi connectivity index (χ1n) is 20.3. The number of rotatable bonds is 6. The van der Waals surface area contributed by atoms with Crippen LogP contribution in [0.3, 0.4) is 0 Å². The van der Waals surface area contributed by atoms with Gasteiger partial charge in [-0.2, -0.15) is 5.26 Å². The van der Waals surface area contributed by atoms with Crippen LogP contribution in [-0.4, -0.2) is 9.97 Å². The van der Waals surface area contributed by atoms with Crippen molar-refractivity contribution in [2.75, 3.05) is 4.90 Å². The molecule has 0 saturated heterocycles. The van der Waals surface area contributed by atoms with Gasteiger partial charge in [0.15, 0.2) is 0 Å². The molecule has 0 N–H and O–H groups in total. The third-order valence-electron chi connectivity index (χ3n) is 9.08. The minimum atomic E-state index is -0.362. The van der Waals surface area contributed by atoms with E-state index in [-0.39, 0.29) is 64.3 Å². The maximum Gasteiger partial charge on any atom is 0.124 e. The minimum absolute atomic E-state index is 0.0278. The molecule has 6 heteroatoms. The van der Waals surface area contributed by atoms with Gasteiger partial charge < -0.3 is 4.90 Å². The van der Waals surface area contributed by atoms with Crippen LogP contribution in [0.5, 0.6) is 0 Å².